The summed E-state index contributed by atoms with van der Waals surface area (Å²) in [5, 5.41) is 2.79. The summed E-state index contributed by atoms with van der Waals surface area (Å²) in [5.41, 5.74) is -0.439. The number of thioether (sulfide) groups is 1. The zero-order chi connectivity index (χ0) is 19.4. The van der Waals surface area contributed by atoms with Gasteiger partial charge in [-0.2, -0.15) is 13.2 Å². The standard InChI is InChI=1S/C18H13F4N3OS/c19-14-6-1-2-7-15(14)24-16(26)11-27-17-23-8-9-25(17)13-5-3-4-12(10-13)18(20,21)22/h1-10H,11H2,(H,24,26). The van der Waals surface area contributed by atoms with Crippen molar-refractivity contribution in [2.45, 2.75) is 11.3 Å². The van der Waals surface area contributed by atoms with E-state index in [0.717, 1.165) is 23.9 Å². The van der Waals surface area contributed by atoms with Gasteiger partial charge in [-0.25, -0.2) is 9.37 Å². The minimum absolute atomic E-state index is 0.0596. The number of hydrogen-bond acceptors (Lipinski definition) is 3. The number of nitrogens with one attached hydrogen (secondary N) is 1. The first-order chi connectivity index (χ1) is 12.8. The Hall–Kier alpha value is -2.81. The number of para-hydroxylation sites is 1. The average molecular weight is 395 g/mol. The lowest BCUT2D eigenvalue weighted by Gasteiger charge is -2.11. The van der Waals surface area contributed by atoms with Gasteiger partial charge in [-0.3, -0.25) is 9.36 Å². The van der Waals surface area contributed by atoms with E-state index < -0.39 is 23.5 Å². The van der Waals surface area contributed by atoms with Gasteiger partial charge in [0.2, 0.25) is 5.91 Å². The summed E-state index contributed by atoms with van der Waals surface area (Å²) in [4.78, 5) is 16.1. The largest absolute Gasteiger partial charge is 0.416 e. The molecule has 1 heterocycles. The lowest BCUT2D eigenvalue weighted by molar-refractivity contribution is -0.137. The maximum atomic E-state index is 13.6. The molecule has 9 heteroatoms. The number of alkyl halides is 3. The van der Waals surface area contributed by atoms with E-state index in [2.05, 4.69) is 10.3 Å². The molecule has 0 fully saturated rings. The van der Waals surface area contributed by atoms with E-state index in [-0.39, 0.29) is 17.1 Å². The van der Waals surface area contributed by atoms with Gasteiger partial charge in [-0.1, -0.05) is 30.0 Å². The van der Waals surface area contributed by atoms with Gasteiger partial charge >= 0.3 is 6.18 Å². The van der Waals surface area contributed by atoms with Crippen LogP contribution >= 0.6 is 11.8 Å². The third-order valence-electron chi connectivity index (χ3n) is 3.54. The van der Waals surface area contributed by atoms with Crippen LogP contribution in [0, 0.1) is 5.82 Å². The molecule has 0 aliphatic heterocycles. The zero-order valence-electron chi connectivity index (χ0n) is 13.7. The highest BCUT2D eigenvalue weighted by Gasteiger charge is 2.30. The Morgan fingerprint density at radius 3 is 2.67 bits per heavy atom. The molecule has 0 atom stereocenters. The van der Waals surface area contributed by atoms with Gasteiger partial charge in [0, 0.05) is 18.1 Å². The number of nitrogens with zero attached hydrogens (tertiary/aromatic N) is 2. The fourth-order valence-corrected chi connectivity index (χ4v) is 3.08. The smallest absolute Gasteiger partial charge is 0.323 e. The second-order valence-electron chi connectivity index (χ2n) is 5.44. The molecule has 0 radical (unpaired) electrons. The van der Waals surface area contributed by atoms with Crippen LogP contribution in [0.3, 0.4) is 0 Å². The predicted octanol–water partition coefficient (Wildman–Crippen LogP) is 4.76. The van der Waals surface area contributed by atoms with Crippen LogP contribution in [0.1, 0.15) is 5.56 Å². The molecule has 0 spiro atoms. The highest BCUT2D eigenvalue weighted by Crippen LogP contribution is 2.31. The Morgan fingerprint density at radius 1 is 1.15 bits per heavy atom. The topological polar surface area (TPSA) is 46.9 Å². The van der Waals surface area contributed by atoms with Crippen molar-refractivity contribution in [1.82, 2.24) is 9.55 Å². The van der Waals surface area contributed by atoms with Gasteiger partial charge in [0.1, 0.15) is 5.82 Å². The van der Waals surface area contributed by atoms with Crippen LogP contribution in [-0.2, 0) is 11.0 Å². The molecule has 4 nitrogen and oxygen atoms in total. The molecule has 0 aliphatic rings. The van der Waals surface area contributed by atoms with Crippen LogP contribution < -0.4 is 5.32 Å². The molecule has 0 aliphatic carbocycles. The highest BCUT2D eigenvalue weighted by molar-refractivity contribution is 7.99. The number of imidazole rings is 1. The van der Waals surface area contributed by atoms with Gasteiger partial charge in [0.15, 0.2) is 5.16 Å². The molecular weight excluding hydrogens is 382 g/mol. The summed E-state index contributed by atoms with van der Waals surface area (Å²) in [6.45, 7) is 0. The summed E-state index contributed by atoms with van der Waals surface area (Å²) in [5.74, 6) is -1.09. The lowest BCUT2D eigenvalue weighted by atomic mass is 10.2. The number of hydrogen-bond donors (Lipinski definition) is 1. The number of amides is 1. The third-order valence-corrected chi connectivity index (χ3v) is 4.51. The van der Waals surface area contributed by atoms with Crippen molar-refractivity contribution >= 4 is 23.4 Å². The minimum atomic E-state index is -4.45. The van der Waals surface area contributed by atoms with Crippen molar-refractivity contribution < 1.29 is 22.4 Å². The molecule has 3 rings (SSSR count). The second-order valence-corrected chi connectivity index (χ2v) is 6.39. The molecule has 0 bridgehead atoms. The fraction of sp³-hybridized carbons (Fsp3) is 0.111. The molecule has 140 valence electrons. The van der Waals surface area contributed by atoms with E-state index in [0.29, 0.717) is 5.16 Å². The van der Waals surface area contributed by atoms with Crippen molar-refractivity contribution in [3.8, 4) is 5.69 Å². The number of rotatable bonds is 5. The summed E-state index contributed by atoms with van der Waals surface area (Å²) in [7, 11) is 0. The molecule has 1 aromatic heterocycles. The zero-order valence-corrected chi connectivity index (χ0v) is 14.5. The Kier molecular flexibility index (Phi) is 5.50. The third kappa shape index (κ3) is 4.68. The molecule has 1 N–H and O–H groups in total. The number of halogens is 4. The van der Waals surface area contributed by atoms with Crippen LogP contribution in [-0.4, -0.2) is 21.2 Å². The Balaban J connectivity index is 1.71. The van der Waals surface area contributed by atoms with Gasteiger partial charge in [0.05, 0.1) is 17.0 Å². The number of benzene rings is 2. The fourth-order valence-electron chi connectivity index (χ4n) is 2.30. The van der Waals surface area contributed by atoms with Gasteiger partial charge in [0.25, 0.3) is 0 Å². The van der Waals surface area contributed by atoms with Gasteiger partial charge < -0.3 is 5.32 Å². The van der Waals surface area contributed by atoms with Crippen LogP contribution in [0.5, 0.6) is 0 Å². The number of anilines is 1. The molecule has 3 aromatic rings. The van der Waals surface area contributed by atoms with Crippen LogP contribution in [0.25, 0.3) is 5.69 Å². The molecule has 27 heavy (non-hydrogen) atoms. The SMILES string of the molecule is O=C(CSc1nccn1-c1cccc(C(F)(F)F)c1)Nc1ccccc1F. The Labute approximate surface area is 156 Å². The van der Waals surface area contributed by atoms with E-state index in [1.807, 2.05) is 0 Å². The van der Waals surface area contributed by atoms with E-state index in [1.165, 1.54) is 47.3 Å². The second kappa shape index (κ2) is 7.83. The number of aromatic nitrogens is 2. The molecule has 0 saturated carbocycles. The van der Waals surface area contributed by atoms with Crippen LogP contribution in [0.4, 0.5) is 23.2 Å². The highest BCUT2D eigenvalue weighted by atomic mass is 32.2. The Bertz CT molecular complexity index is 956. The summed E-state index contributed by atoms with van der Waals surface area (Å²) >= 11 is 1.03. The van der Waals surface area contributed by atoms with E-state index in [4.69, 9.17) is 0 Å². The van der Waals surface area contributed by atoms with Crippen molar-refractivity contribution in [2.75, 3.05) is 11.1 Å². The molecule has 0 saturated heterocycles. The van der Waals surface area contributed by atoms with Crippen LogP contribution in [0.15, 0.2) is 66.1 Å². The predicted molar refractivity (Wildman–Crippen MR) is 94.3 cm³/mol. The molecule has 1 amide bonds. The first-order valence-corrected chi connectivity index (χ1v) is 8.71. The maximum Gasteiger partial charge on any atom is 0.416 e. The molecule has 0 unspecified atom stereocenters. The summed E-state index contributed by atoms with van der Waals surface area (Å²) in [6, 6.07) is 10.6. The lowest BCUT2D eigenvalue weighted by Crippen LogP contribution is -2.15. The average Bonchev–Trinajstić information content (AvgIpc) is 3.10. The minimum Gasteiger partial charge on any atom is -0.323 e. The van der Waals surface area contributed by atoms with Gasteiger partial charge in [-0.15, -0.1) is 0 Å². The van der Waals surface area contributed by atoms with Crippen molar-refractivity contribution in [2.24, 2.45) is 0 Å². The van der Waals surface area contributed by atoms with Crippen molar-refractivity contribution in [1.29, 1.82) is 0 Å². The van der Waals surface area contributed by atoms with Crippen molar-refractivity contribution in [3.05, 3.63) is 72.3 Å². The summed E-state index contributed by atoms with van der Waals surface area (Å²) in [6.07, 6.45) is -1.52. The maximum absolute atomic E-state index is 13.6. The molecular formula is C18H13F4N3OS. The van der Waals surface area contributed by atoms with E-state index in [1.54, 1.807) is 6.07 Å². The Morgan fingerprint density at radius 2 is 1.93 bits per heavy atom. The quantitative estimate of drug-likeness (QED) is 0.501. The van der Waals surface area contributed by atoms with Crippen molar-refractivity contribution in [3.63, 3.8) is 0 Å². The normalized spacial score (nSPS) is 11.4. The number of carbonyl (C=O) groups is 1. The van der Waals surface area contributed by atoms with Crippen LogP contribution in [0.2, 0.25) is 0 Å². The monoisotopic (exact) mass is 395 g/mol. The first kappa shape index (κ1) is 19.0. The first-order valence-electron chi connectivity index (χ1n) is 7.73. The molecule has 2 aromatic carbocycles. The number of carbonyl (C=O) groups excluding carboxylic acids is 1. The van der Waals surface area contributed by atoms with E-state index in [9.17, 15) is 22.4 Å². The van der Waals surface area contributed by atoms with Gasteiger partial charge in [-0.05, 0) is 30.3 Å². The summed E-state index contributed by atoms with van der Waals surface area (Å²) < 4.78 is 53.7. The van der Waals surface area contributed by atoms with E-state index >= 15 is 0 Å².